The third kappa shape index (κ3) is 2.93. The Morgan fingerprint density at radius 3 is 1.87 bits per heavy atom. The van der Waals surface area contributed by atoms with Gasteiger partial charge in [-0.25, -0.2) is 0 Å². The van der Waals surface area contributed by atoms with Crippen LogP contribution in [-0.4, -0.2) is 50.9 Å². The number of hydrogen-bond donors (Lipinski definition) is 3. The van der Waals surface area contributed by atoms with Crippen molar-refractivity contribution in [3.05, 3.63) is 22.4 Å². The summed E-state index contributed by atoms with van der Waals surface area (Å²) in [5.41, 5.74) is -0.866. The first-order valence-corrected chi connectivity index (χ1v) is 8.50. The minimum absolute atomic E-state index is 0.132. The number of hydrogen-bond acceptors (Lipinski definition) is 10. The van der Waals surface area contributed by atoms with Gasteiger partial charge in [0.05, 0.1) is 41.1 Å². The molecule has 0 bridgehead atoms. The highest BCUT2D eigenvalue weighted by Gasteiger charge is 2.29. The second-order valence-corrected chi connectivity index (χ2v) is 5.99. The van der Waals surface area contributed by atoms with Crippen LogP contribution in [0.1, 0.15) is 0 Å². The molecular formula is C20H20O10. The zero-order valence-electron chi connectivity index (χ0n) is 16.9. The standard InChI is InChI=1S/C20H20O10/c1-25-10-7-11(26-2)9(21)6-8(10)16-19(28-4)14(23)12-13(22)18(27-3)15(24)20(29-5)17(12)30-16/h6-7,21-22,24H,1-5H3. The van der Waals surface area contributed by atoms with Gasteiger partial charge in [-0.3, -0.25) is 4.79 Å². The van der Waals surface area contributed by atoms with Crippen molar-refractivity contribution in [3.8, 4) is 57.3 Å². The lowest BCUT2D eigenvalue weighted by Gasteiger charge is -2.17. The molecule has 10 nitrogen and oxygen atoms in total. The summed E-state index contributed by atoms with van der Waals surface area (Å²) in [5, 5.41) is 30.8. The molecule has 0 saturated heterocycles. The lowest BCUT2D eigenvalue weighted by molar-refractivity contribution is 0.322. The van der Waals surface area contributed by atoms with E-state index in [0.717, 1.165) is 0 Å². The average Bonchev–Trinajstić information content (AvgIpc) is 2.73. The fraction of sp³-hybridized carbons (Fsp3) is 0.250. The average molecular weight is 420 g/mol. The molecule has 0 aliphatic rings. The van der Waals surface area contributed by atoms with Crippen LogP contribution in [0.4, 0.5) is 0 Å². The van der Waals surface area contributed by atoms with Crippen LogP contribution in [0, 0.1) is 0 Å². The minimum atomic E-state index is -0.764. The third-order valence-electron chi connectivity index (χ3n) is 4.52. The highest BCUT2D eigenvalue weighted by Crippen LogP contribution is 2.51. The first kappa shape index (κ1) is 20.8. The molecule has 0 aliphatic heterocycles. The number of aromatic hydroxyl groups is 3. The fourth-order valence-electron chi connectivity index (χ4n) is 3.14. The van der Waals surface area contributed by atoms with Crippen molar-refractivity contribution in [2.24, 2.45) is 0 Å². The van der Waals surface area contributed by atoms with Crippen LogP contribution in [-0.2, 0) is 0 Å². The topological polar surface area (TPSA) is 137 Å². The van der Waals surface area contributed by atoms with Crippen molar-refractivity contribution in [2.75, 3.05) is 35.5 Å². The van der Waals surface area contributed by atoms with Crippen molar-refractivity contribution in [1.82, 2.24) is 0 Å². The predicted molar refractivity (Wildman–Crippen MR) is 106 cm³/mol. The Balaban J connectivity index is 2.52. The molecule has 1 aromatic heterocycles. The monoisotopic (exact) mass is 420 g/mol. The third-order valence-corrected chi connectivity index (χ3v) is 4.52. The van der Waals surface area contributed by atoms with Crippen LogP contribution in [0.15, 0.2) is 21.3 Å². The molecule has 160 valence electrons. The molecule has 3 N–H and O–H groups in total. The van der Waals surface area contributed by atoms with Gasteiger partial charge < -0.3 is 43.4 Å². The molecule has 0 saturated carbocycles. The van der Waals surface area contributed by atoms with Crippen molar-refractivity contribution >= 4 is 11.0 Å². The highest BCUT2D eigenvalue weighted by atomic mass is 16.5. The molecule has 0 radical (unpaired) electrons. The van der Waals surface area contributed by atoms with Crippen molar-refractivity contribution in [3.63, 3.8) is 0 Å². The number of methoxy groups -OCH3 is 5. The van der Waals surface area contributed by atoms with E-state index >= 15 is 0 Å². The summed E-state index contributed by atoms with van der Waals surface area (Å²) in [7, 11) is 6.44. The van der Waals surface area contributed by atoms with Gasteiger partial charge in [-0.05, 0) is 6.07 Å². The maximum atomic E-state index is 13.2. The van der Waals surface area contributed by atoms with Gasteiger partial charge in [0.1, 0.15) is 11.1 Å². The molecule has 0 fully saturated rings. The van der Waals surface area contributed by atoms with E-state index in [4.69, 9.17) is 28.1 Å². The minimum Gasteiger partial charge on any atom is -0.504 e. The lowest BCUT2D eigenvalue weighted by atomic mass is 10.1. The molecular weight excluding hydrogens is 400 g/mol. The summed E-state index contributed by atoms with van der Waals surface area (Å²) in [5.74, 6) is -2.13. The Labute approximate surface area is 170 Å². The molecule has 3 rings (SSSR count). The lowest BCUT2D eigenvalue weighted by Crippen LogP contribution is -2.09. The summed E-state index contributed by atoms with van der Waals surface area (Å²) in [4.78, 5) is 13.2. The maximum Gasteiger partial charge on any atom is 0.239 e. The number of benzene rings is 2. The van der Waals surface area contributed by atoms with Gasteiger partial charge in [-0.2, -0.15) is 0 Å². The van der Waals surface area contributed by atoms with Gasteiger partial charge in [0, 0.05) is 6.07 Å². The highest BCUT2D eigenvalue weighted by molar-refractivity contribution is 5.96. The SMILES string of the molecule is COc1cc(OC)c(-c2oc3c(OC)c(O)c(OC)c(O)c3c(=O)c2OC)cc1O. The van der Waals surface area contributed by atoms with Gasteiger partial charge in [-0.15, -0.1) is 0 Å². The van der Waals surface area contributed by atoms with Gasteiger partial charge >= 0.3 is 0 Å². The van der Waals surface area contributed by atoms with Gasteiger partial charge in [0.2, 0.25) is 28.4 Å². The van der Waals surface area contributed by atoms with Gasteiger partial charge in [0.25, 0.3) is 0 Å². The molecule has 0 atom stereocenters. The zero-order valence-corrected chi connectivity index (χ0v) is 16.9. The van der Waals surface area contributed by atoms with Crippen molar-refractivity contribution in [1.29, 1.82) is 0 Å². The predicted octanol–water partition coefficient (Wildman–Crippen LogP) is 2.62. The summed E-state index contributed by atoms with van der Waals surface area (Å²) >= 11 is 0. The van der Waals surface area contributed by atoms with E-state index in [1.807, 2.05) is 0 Å². The second kappa shape index (κ2) is 7.82. The van der Waals surface area contributed by atoms with Gasteiger partial charge in [-0.1, -0.05) is 0 Å². The fourth-order valence-corrected chi connectivity index (χ4v) is 3.14. The Morgan fingerprint density at radius 1 is 0.733 bits per heavy atom. The number of phenols is 3. The summed E-state index contributed by atoms with van der Waals surface area (Å²) in [6, 6.07) is 2.66. The van der Waals surface area contributed by atoms with Crippen LogP contribution in [0.3, 0.4) is 0 Å². The quantitative estimate of drug-likeness (QED) is 0.546. The molecule has 0 amide bonds. The first-order chi connectivity index (χ1) is 14.3. The van der Waals surface area contributed by atoms with Crippen LogP contribution in [0.5, 0.6) is 46.0 Å². The Bertz CT molecular complexity index is 1180. The van der Waals surface area contributed by atoms with E-state index < -0.39 is 16.9 Å². The van der Waals surface area contributed by atoms with E-state index in [0.29, 0.717) is 0 Å². The van der Waals surface area contributed by atoms with Crippen LogP contribution >= 0.6 is 0 Å². The largest absolute Gasteiger partial charge is 0.504 e. The van der Waals surface area contributed by atoms with Crippen molar-refractivity contribution < 1.29 is 43.4 Å². The molecule has 3 aromatic rings. The Hall–Kier alpha value is -3.95. The molecule has 30 heavy (non-hydrogen) atoms. The Morgan fingerprint density at radius 2 is 1.33 bits per heavy atom. The van der Waals surface area contributed by atoms with E-state index in [2.05, 4.69) is 0 Å². The molecule has 10 heteroatoms. The van der Waals surface area contributed by atoms with Crippen LogP contribution < -0.4 is 29.1 Å². The Kier molecular flexibility index (Phi) is 5.41. The summed E-state index contributed by atoms with van der Waals surface area (Å²) in [6.45, 7) is 0. The molecule has 0 unspecified atom stereocenters. The maximum absolute atomic E-state index is 13.2. The normalized spacial score (nSPS) is 10.7. The van der Waals surface area contributed by atoms with E-state index in [9.17, 15) is 20.1 Å². The van der Waals surface area contributed by atoms with Crippen molar-refractivity contribution in [2.45, 2.75) is 0 Å². The number of fused-ring (bicyclic) bond motifs is 1. The molecule has 0 spiro atoms. The summed E-state index contributed by atoms with van der Waals surface area (Å²) in [6.07, 6.45) is 0. The van der Waals surface area contributed by atoms with E-state index in [-0.39, 0.29) is 56.8 Å². The van der Waals surface area contributed by atoms with Crippen LogP contribution in [0.25, 0.3) is 22.3 Å². The van der Waals surface area contributed by atoms with E-state index in [1.54, 1.807) is 0 Å². The van der Waals surface area contributed by atoms with Crippen LogP contribution in [0.2, 0.25) is 0 Å². The molecule has 0 aliphatic carbocycles. The number of rotatable bonds is 6. The smallest absolute Gasteiger partial charge is 0.239 e. The second-order valence-electron chi connectivity index (χ2n) is 5.99. The first-order valence-electron chi connectivity index (χ1n) is 8.50. The zero-order chi connectivity index (χ0) is 22.2. The van der Waals surface area contributed by atoms with E-state index in [1.165, 1.54) is 47.7 Å². The van der Waals surface area contributed by atoms with Gasteiger partial charge in [0.15, 0.2) is 28.6 Å². The molecule has 2 aromatic carbocycles. The number of phenolic OH excluding ortho intramolecular Hbond substituents is 3. The number of ether oxygens (including phenoxy) is 5. The summed E-state index contributed by atoms with van der Waals surface area (Å²) < 4.78 is 31.6. The molecule has 1 heterocycles.